The van der Waals surface area contributed by atoms with E-state index in [2.05, 4.69) is 61.3 Å². The van der Waals surface area contributed by atoms with Crippen LogP contribution in [0.1, 0.15) is 25.3 Å². The monoisotopic (exact) mass is 397 g/mol. The summed E-state index contributed by atoms with van der Waals surface area (Å²) < 4.78 is 16.6. The number of halogens is 1. The van der Waals surface area contributed by atoms with Crippen LogP contribution in [-0.4, -0.2) is 4.98 Å². The van der Waals surface area contributed by atoms with Crippen LogP contribution in [0.15, 0.2) is 79.0 Å². The number of fused-ring (bicyclic) bond motifs is 3. The highest BCUT2D eigenvalue weighted by Crippen LogP contribution is 2.41. The lowest BCUT2D eigenvalue weighted by Crippen LogP contribution is -1.90. The predicted molar refractivity (Wildman–Crippen MR) is 122 cm³/mol. The Labute approximate surface area is 173 Å². The molecule has 0 fully saturated rings. The number of thiophene rings is 1. The summed E-state index contributed by atoms with van der Waals surface area (Å²) >= 11 is 1.75. The first-order valence-corrected chi connectivity index (χ1v) is 10.6. The molecule has 1 nitrogen and oxygen atoms in total. The molecule has 2 heterocycles. The Kier molecular flexibility index (Phi) is 4.40. The summed E-state index contributed by atoms with van der Waals surface area (Å²) in [6.45, 7) is 4.40. The molecule has 0 bridgehead atoms. The summed E-state index contributed by atoms with van der Waals surface area (Å²) in [5.74, 6) is 0.269. The molecule has 0 saturated carbocycles. The molecule has 0 aliphatic rings. The Morgan fingerprint density at radius 1 is 0.828 bits per heavy atom. The first kappa shape index (κ1) is 18.0. The molecule has 0 N–H and O–H groups in total. The largest absolute Gasteiger partial charge is 0.256 e. The second-order valence-corrected chi connectivity index (χ2v) is 8.66. The molecule has 0 saturated heterocycles. The van der Waals surface area contributed by atoms with E-state index in [0.717, 1.165) is 21.5 Å². The van der Waals surface area contributed by atoms with Gasteiger partial charge in [0, 0.05) is 37.5 Å². The number of nitrogens with zero attached hydrogens (tertiary/aromatic N) is 1. The minimum absolute atomic E-state index is 0.191. The quantitative estimate of drug-likeness (QED) is 0.300. The average molecular weight is 398 g/mol. The van der Waals surface area contributed by atoms with Gasteiger partial charge in [0.2, 0.25) is 0 Å². The van der Waals surface area contributed by atoms with Crippen molar-refractivity contribution in [2.24, 2.45) is 0 Å². The lowest BCUT2D eigenvalue weighted by molar-refractivity contribution is 0.631. The van der Waals surface area contributed by atoms with Crippen molar-refractivity contribution < 1.29 is 4.39 Å². The van der Waals surface area contributed by atoms with Gasteiger partial charge in [-0.1, -0.05) is 62.4 Å². The number of hydrogen-bond acceptors (Lipinski definition) is 2. The first-order valence-electron chi connectivity index (χ1n) is 9.78. The van der Waals surface area contributed by atoms with Gasteiger partial charge in [-0.15, -0.1) is 11.3 Å². The van der Waals surface area contributed by atoms with Crippen molar-refractivity contribution in [2.45, 2.75) is 19.8 Å². The molecule has 0 radical (unpaired) electrons. The van der Waals surface area contributed by atoms with Crippen LogP contribution in [0.25, 0.3) is 42.6 Å². The van der Waals surface area contributed by atoms with Crippen LogP contribution in [0.4, 0.5) is 4.39 Å². The van der Waals surface area contributed by atoms with Crippen LogP contribution >= 0.6 is 11.3 Å². The van der Waals surface area contributed by atoms with Gasteiger partial charge in [0.25, 0.3) is 0 Å². The summed E-state index contributed by atoms with van der Waals surface area (Å²) in [6.07, 6.45) is 1.90. The van der Waals surface area contributed by atoms with Crippen molar-refractivity contribution >= 4 is 31.5 Å². The third kappa shape index (κ3) is 3.12. The smallest absolute Gasteiger partial charge is 0.131 e. The highest BCUT2D eigenvalue weighted by atomic mass is 32.1. The molecule has 3 heteroatoms. The molecule has 0 unspecified atom stereocenters. The molecule has 29 heavy (non-hydrogen) atoms. The van der Waals surface area contributed by atoms with Gasteiger partial charge < -0.3 is 0 Å². The number of rotatable bonds is 3. The van der Waals surface area contributed by atoms with Gasteiger partial charge in [-0.3, -0.25) is 4.98 Å². The number of benzene rings is 3. The zero-order valence-corrected chi connectivity index (χ0v) is 17.1. The second kappa shape index (κ2) is 7.09. The van der Waals surface area contributed by atoms with E-state index in [9.17, 15) is 4.39 Å². The number of hydrogen-bond donors (Lipinski definition) is 0. The van der Waals surface area contributed by atoms with E-state index in [1.165, 1.54) is 27.1 Å². The van der Waals surface area contributed by atoms with Crippen LogP contribution in [0.2, 0.25) is 0 Å². The van der Waals surface area contributed by atoms with E-state index in [-0.39, 0.29) is 5.82 Å². The third-order valence-electron chi connectivity index (χ3n) is 5.41. The van der Waals surface area contributed by atoms with E-state index in [1.54, 1.807) is 17.4 Å². The maximum absolute atomic E-state index is 14.3. The molecular weight excluding hydrogens is 377 g/mol. The average Bonchev–Trinajstić information content (AvgIpc) is 3.12. The van der Waals surface area contributed by atoms with Crippen molar-refractivity contribution in [3.63, 3.8) is 0 Å². The van der Waals surface area contributed by atoms with Gasteiger partial charge in [0.05, 0.1) is 5.69 Å². The van der Waals surface area contributed by atoms with Crippen LogP contribution in [-0.2, 0) is 0 Å². The fourth-order valence-electron chi connectivity index (χ4n) is 3.82. The number of aromatic nitrogens is 1. The Hall–Kier alpha value is -3.04. The van der Waals surface area contributed by atoms with Gasteiger partial charge in [-0.2, -0.15) is 0 Å². The Bertz CT molecular complexity index is 1350. The summed E-state index contributed by atoms with van der Waals surface area (Å²) in [5, 5.41) is 2.42. The standard InChI is InChI=1S/C26H20FNS/c1-16(2)17-12-13-28-24(14-17)22-8-5-7-21-20-11-10-18(15-25(20)29-26(21)22)19-6-3-4-9-23(19)27/h3-16H,1-2H3. The van der Waals surface area contributed by atoms with Crippen molar-refractivity contribution in [3.8, 4) is 22.4 Å². The van der Waals surface area contributed by atoms with E-state index in [0.29, 0.717) is 11.5 Å². The van der Waals surface area contributed by atoms with Crippen LogP contribution in [0.5, 0.6) is 0 Å². The molecule has 0 spiro atoms. The zero-order chi connectivity index (χ0) is 20.0. The number of pyridine rings is 1. The molecule has 142 valence electrons. The van der Waals surface area contributed by atoms with Crippen molar-refractivity contribution in [2.75, 3.05) is 0 Å². The summed E-state index contributed by atoms with van der Waals surface area (Å²) in [7, 11) is 0. The van der Waals surface area contributed by atoms with Crippen LogP contribution in [0.3, 0.4) is 0 Å². The third-order valence-corrected chi connectivity index (χ3v) is 6.61. The summed E-state index contributed by atoms with van der Waals surface area (Å²) in [5.41, 5.74) is 4.98. The highest BCUT2D eigenvalue weighted by molar-refractivity contribution is 7.26. The molecular formula is C26H20FNS. The SMILES string of the molecule is CC(C)c1ccnc(-c2cccc3c2sc2cc(-c4ccccc4F)ccc23)c1. The van der Waals surface area contributed by atoms with Gasteiger partial charge in [0.15, 0.2) is 0 Å². The lowest BCUT2D eigenvalue weighted by atomic mass is 10.00. The van der Waals surface area contributed by atoms with Crippen molar-refractivity contribution in [3.05, 3.63) is 90.4 Å². The Balaban J connectivity index is 1.71. The summed E-state index contributed by atoms with van der Waals surface area (Å²) in [4.78, 5) is 4.65. The first-order chi connectivity index (χ1) is 14.1. The minimum Gasteiger partial charge on any atom is -0.256 e. The van der Waals surface area contributed by atoms with E-state index in [4.69, 9.17) is 0 Å². The molecule has 3 aromatic carbocycles. The molecule has 0 aliphatic heterocycles. The van der Waals surface area contributed by atoms with Gasteiger partial charge in [0.1, 0.15) is 5.82 Å². The molecule has 5 rings (SSSR count). The summed E-state index contributed by atoms with van der Waals surface area (Å²) in [6, 6.07) is 23.8. The van der Waals surface area contributed by atoms with Crippen LogP contribution in [0, 0.1) is 5.82 Å². The van der Waals surface area contributed by atoms with E-state index < -0.39 is 0 Å². The molecule has 0 aliphatic carbocycles. The highest BCUT2D eigenvalue weighted by Gasteiger charge is 2.13. The molecule has 0 atom stereocenters. The van der Waals surface area contributed by atoms with E-state index in [1.807, 2.05) is 24.4 Å². The Morgan fingerprint density at radius 2 is 1.66 bits per heavy atom. The zero-order valence-electron chi connectivity index (χ0n) is 16.3. The second-order valence-electron chi connectivity index (χ2n) is 7.60. The normalized spacial score (nSPS) is 11.6. The van der Waals surface area contributed by atoms with Gasteiger partial charge in [-0.25, -0.2) is 4.39 Å². The van der Waals surface area contributed by atoms with E-state index >= 15 is 0 Å². The van der Waals surface area contributed by atoms with Crippen molar-refractivity contribution in [1.82, 2.24) is 4.98 Å². The minimum atomic E-state index is -0.191. The fourth-order valence-corrected chi connectivity index (χ4v) is 5.08. The van der Waals surface area contributed by atoms with Gasteiger partial charge in [-0.05, 0) is 41.3 Å². The fraction of sp³-hybridized carbons (Fsp3) is 0.115. The maximum atomic E-state index is 14.3. The van der Waals surface area contributed by atoms with Crippen molar-refractivity contribution in [1.29, 1.82) is 0 Å². The Morgan fingerprint density at radius 3 is 2.48 bits per heavy atom. The molecule has 2 aromatic heterocycles. The predicted octanol–water partition coefficient (Wildman–Crippen LogP) is 8.05. The van der Waals surface area contributed by atoms with Gasteiger partial charge >= 0.3 is 0 Å². The molecule has 5 aromatic rings. The molecule has 0 amide bonds. The maximum Gasteiger partial charge on any atom is 0.131 e. The van der Waals surface area contributed by atoms with Crippen LogP contribution < -0.4 is 0 Å². The lowest BCUT2D eigenvalue weighted by Gasteiger charge is -2.08. The topological polar surface area (TPSA) is 12.9 Å².